The van der Waals surface area contributed by atoms with Gasteiger partial charge in [-0.05, 0) is 99.3 Å². The lowest BCUT2D eigenvalue weighted by atomic mass is 9.74. The Balaban J connectivity index is 1.13. The first-order valence-corrected chi connectivity index (χ1v) is 18.0. The lowest BCUT2D eigenvalue weighted by molar-refractivity contribution is -0.143. The summed E-state index contributed by atoms with van der Waals surface area (Å²) < 4.78 is 35.5. The number of furan rings is 1. The van der Waals surface area contributed by atoms with E-state index in [1.165, 1.54) is 0 Å². The molecule has 2 saturated heterocycles. The predicted molar refractivity (Wildman–Crippen MR) is 178 cm³/mol. The highest BCUT2D eigenvalue weighted by molar-refractivity contribution is 5.94. The third-order valence-corrected chi connectivity index (χ3v) is 11.5. The van der Waals surface area contributed by atoms with Gasteiger partial charge in [0.15, 0.2) is 5.78 Å². The van der Waals surface area contributed by atoms with E-state index in [1.807, 2.05) is 17.0 Å². The number of Topliss-reactive ketones (excluding diaryl/α,β-unsaturated/α-hetero) is 1. The van der Waals surface area contributed by atoms with Crippen LogP contribution in [0.1, 0.15) is 73.9 Å². The van der Waals surface area contributed by atoms with Crippen LogP contribution in [0, 0.1) is 23.7 Å². The fourth-order valence-electron chi connectivity index (χ4n) is 8.65. The van der Waals surface area contributed by atoms with Gasteiger partial charge in [-0.1, -0.05) is 6.07 Å². The van der Waals surface area contributed by atoms with E-state index in [4.69, 9.17) is 24.4 Å². The summed E-state index contributed by atoms with van der Waals surface area (Å²) in [5.74, 6) is 0.187. The number of rotatable bonds is 12. The number of ketones is 1. The molecule has 2 aliphatic carbocycles. The van der Waals surface area contributed by atoms with Crippen LogP contribution >= 0.6 is 0 Å². The highest BCUT2D eigenvalue weighted by atomic mass is 19.1. The van der Waals surface area contributed by atoms with Crippen molar-refractivity contribution in [1.82, 2.24) is 9.80 Å². The van der Waals surface area contributed by atoms with Crippen molar-refractivity contribution in [1.29, 1.82) is 0 Å². The van der Waals surface area contributed by atoms with Gasteiger partial charge >= 0.3 is 5.97 Å². The summed E-state index contributed by atoms with van der Waals surface area (Å²) in [4.78, 5) is 45.1. The number of alkyl halides is 1. The Kier molecular flexibility index (Phi) is 11.8. The van der Waals surface area contributed by atoms with E-state index >= 15 is 0 Å². The number of ether oxygens (including phenoxy) is 3. The van der Waals surface area contributed by atoms with Crippen LogP contribution in [0.5, 0.6) is 0 Å². The summed E-state index contributed by atoms with van der Waals surface area (Å²) in [6.07, 6.45) is 8.07. The van der Waals surface area contributed by atoms with Crippen molar-refractivity contribution in [3.63, 3.8) is 0 Å². The zero-order valence-corrected chi connectivity index (χ0v) is 28.3. The molecule has 2 aromatic rings. The third kappa shape index (κ3) is 8.12. The van der Waals surface area contributed by atoms with Crippen molar-refractivity contribution in [2.45, 2.75) is 82.4 Å². The van der Waals surface area contributed by atoms with Crippen LogP contribution in [0.2, 0.25) is 0 Å². The Morgan fingerprint density at radius 3 is 2.44 bits per heavy atom. The number of likely N-dealkylation sites (tertiary alicyclic amines) is 1. The Morgan fingerprint density at radius 1 is 0.979 bits per heavy atom. The molecule has 4 aliphatic rings. The van der Waals surface area contributed by atoms with Crippen LogP contribution in [0.4, 0.5) is 4.39 Å². The van der Waals surface area contributed by atoms with Crippen LogP contribution in [0.25, 0.3) is 11.0 Å². The van der Waals surface area contributed by atoms with Crippen molar-refractivity contribution in [2.75, 3.05) is 59.8 Å². The van der Waals surface area contributed by atoms with E-state index in [1.54, 1.807) is 19.2 Å². The van der Waals surface area contributed by atoms with E-state index in [2.05, 4.69) is 4.90 Å². The molecule has 3 atom stereocenters. The number of methoxy groups -OCH3 is 1. The Bertz CT molecular complexity index is 1390. The normalized spacial score (nSPS) is 29.2. The predicted octanol–water partition coefficient (Wildman–Crippen LogP) is 4.56. The minimum absolute atomic E-state index is 0.0541. The number of esters is 1. The second-order valence-electron chi connectivity index (χ2n) is 14.3. The fraction of sp³-hybridized carbons (Fsp3) is 0.703. The molecule has 0 spiro atoms. The summed E-state index contributed by atoms with van der Waals surface area (Å²) in [6, 6.07) is 6.30. The Morgan fingerprint density at radius 2 is 1.73 bits per heavy atom. The minimum atomic E-state index is -0.537. The van der Waals surface area contributed by atoms with Gasteiger partial charge in [0.25, 0.3) is 0 Å². The second-order valence-corrected chi connectivity index (χ2v) is 14.3. The molecule has 1 amide bonds. The first-order valence-electron chi connectivity index (χ1n) is 18.0. The molecule has 0 radical (unpaired) electrons. The zero-order valence-electron chi connectivity index (χ0n) is 28.3. The van der Waals surface area contributed by atoms with Crippen molar-refractivity contribution in [3.8, 4) is 0 Å². The summed E-state index contributed by atoms with van der Waals surface area (Å²) in [5.41, 5.74) is 7.36. The second kappa shape index (κ2) is 16.2. The average Bonchev–Trinajstić information content (AvgIpc) is 3.77. The zero-order chi connectivity index (χ0) is 33.6. The van der Waals surface area contributed by atoms with Crippen LogP contribution in [0.15, 0.2) is 28.7 Å². The van der Waals surface area contributed by atoms with Gasteiger partial charge in [0.1, 0.15) is 18.9 Å². The number of carbonyl (C=O) groups excluding carboxylic acids is 3. The highest BCUT2D eigenvalue weighted by Gasteiger charge is 2.47. The van der Waals surface area contributed by atoms with E-state index < -0.39 is 24.7 Å². The maximum atomic E-state index is 14.3. The highest BCUT2D eigenvalue weighted by Crippen LogP contribution is 2.42. The third-order valence-electron chi connectivity index (χ3n) is 11.5. The average molecular weight is 670 g/mol. The lowest BCUT2D eigenvalue weighted by Crippen LogP contribution is -2.48. The van der Waals surface area contributed by atoms with E-state index in [0.29, 0.717) is 50.6 Å². The number of hydrogen-bond acceptors (Lipinski definition) is 9. The number of halogens is 1. The molecule has 0 unspecified atom stereocenters. The van der Waals surface area contributed by atoms with Gasteiger partial charge in [-0.15, -0.1) is 0 Å². The molecule has 0 bridgehead atoms. The molecule has 1 aromatic carbocycles. The molecule has 2 saturated carbocycles. The number of fused-ring (bicyclic) bond motifs is 1. The smallest absolute Gasteiger partial charge is 0.374 e. The van der Waals surface area contributed by atoms with Gasteiger partial charge in [0.2, 0.25) is 11.7 Å². The van der Waals surface area contributed by atoms with Crippen LogP contribution < -0.4 is 5.73 Å². The summed E-state index contributed by atoms with van der Waals surface area (Å²) in [6.45, 7) is 3.99. The van der Waals surface area contributed by atoms with Gasteiger partial charge in [-0.2, -0.15) is 0 Å². The van der Waals surface area contributed by atoms with Crippen molar-refractivity contribution in [3.05, 3.63) is 35.6 Å². The fourth-order valence-corrected chi connectivity index (χ4v) is 8.65. The molecule has 48 heavy (non-hydrogen) atoms. The van der Waals surface area contributed by atoms with Crippen molar-refractivity contribution in [2.24, 2.45) is 29.4 Å². The standard InChI is InChI=1S/C37H52FN3O7/c1-45-29-9-7-25(8-10-29)30-12-13-41(36(43)27-5-3-26(4-6-27)31(39)23-38)35(30)32(42)21-24-2-11-33-28(20-24)22-34(48-33)37(44)47-19-16-40-14-17-46-18-15-40/h2,11,20,22,25-27,29-31,35H,3-10,12-19,21,23,39H2,1H3/t25?,26?,27?,29?,30-,31+,35-/m0/s1. The number of nitrogens with zero attached hydrogens (tertiary/aromatic N) is 2. The molecule has 2 aliphatic heterocycles. The topological polar surface area (TPSA) is 125 Å². The number of benzene rings is 1. The number of hydrogen-bond donors (Lipinski definition) is 1. The van der Waals surface area contributed by atoms with Crippen LogP contribution in [-0.2, 0) is 30.2 Å². The van der Waals surface area contributed by atoms with Gasteiger partial charge in [-0.25, -0.2) is 9.18 Å². The molecule has 2 N–H and O–H groups in total. The molecule has 4 fully saturated rings. The number of amides is 1. The number of nitrogens with two attached hydrogens (primary N) is 1. The molecule has 11 heteroatoms. The van der Waals surface area contributed by atoms with Crippen molar-refractivity contribution >= 4 is 28.6 Å². The Hall–Kier alpha value is -2.86. The summed E-state index contributed by atoms with van der Waals surface area (Å²) in [5, 5.41) is 0.734. The Labute approximate surface area is 282 Å². The van der Waals surface area contributed by atoms with Gasteiger partial charge < -0.3 is 29.3 Å². The molecule has 3 heterocycles. The quantitative estimate of drug-likeness (QED) is 0.324. The van der Waals surface area contributed by atoms with Crippen LogP contribution in [-0.4, -0.2) is 105 Å². The van der Waals surface area contributed by atoms with Crippen LogP contribution in [0.3, 0.4) is 0 Å². The maximum Gasteiger partial charge on any atom is 0.374 e. The molecule has 10 nitrogen and oxygen atoms in total. The molecule has 264 valence electrons. The van der Waals surface area contributed by atoms with E-state index in [0.717, 1.165) is 69.0 Å². The van der Waals surface area contributed by atoms with E-state index in [-0.39, 0.29) is 54.3 Å². The van der Waals surface area contributed by atoms with Gasteiger partial charge in [0.05, 0.1) is 25.4 Å². The number of carbonyl (C=O) groups is 3. The first kappa shape index (κ1) is 35.0. The van der Waals surface area contributed by atoms with Gasteiger partial charge in [-0.3, -0.25) is 14.5 Å². The SMILES string of the molecule is COC1CCC([C@@H]2CCN(C(=O)C3CCC([C@H](N)CF)CC3)[C@@H]2C(=O)Cc2ccc3oc(C(=O)OCCN4CCOCC4)cc3c2)CC1. The maximum absolute atomic E-state index is 14.3. The molecule has 6 rings (SSSR count). The number of morpholine rings is 1. The lowest BCUT2D eigenvalue weighted by Gasteiger charge is -2.37. The van der Waals surface area contributed by atoms with Crippen molar-refractivity contribution < 1.29 is 37.4 Å². The summed E-state index contributed by atoms with van der Waals surface area (Å²) in [7, 11) is 1.76. The van der Waals surface area contributed by atoms with Gasteiger partial charge in [0, 0.05) is 57.1 Å². The largest absolute Gasteiger partial charge is 0.458 e. The molecular formula is C37H52FN3O7. The molecular weight excluding hydrogens is 617 g/mol. The monoisotopic (exact) mass is 669 g/mol. The molecule has 1 aromatic heterocycles. The first-order chi connectivity index (χ1) is 23.3. The van der Waals surface area contributed by atoms with E-state index in [9.17, 15) is 18.8 Å². The summed E-state index contributed by atoms with van der Waals surface area (Å²) >= 11 is 0. The minimum Gasteiger partial charge on any atom is -0.458 e.